The highest BCUT2D eigenvalue weighted by Gasteiger charge is 2.65. The Morgan fingerprint density at radius 3 is 2.51 bits per heavy atom. The van der Waals surface area contributed by atoms with E-state index in [4.69, 9.17) is 4.74 Å². The van der Waals surface area contributed by atoms with Crippen molar-refractivity contribution in [3.8, 4) is 0 Å². The largest absolute Gasteiger partial charge is 0.456 e. The zero-order valence-corrected chi connectivity index (χ0v) is 20.7. The lowest BCUT2D eigenvalue weighted by molar-refractivity contribution is -0.384. The number of non-ortho nitro benzene ring substituents is 1. The van der Waals surface area contributed by atoms with Crippen molar-refractivity contribution in [2.24, 2.45) is 0 Å². The molecule has 9 nitrogen and oxygen atoms in total. The number of nitro benzene ring substituents is 1. The summed E-state index contributed by atoms with van der Waals surface area (Å²) in [6, 6.07) is 15.0. The first-order chi connectivity index (χ1) is 16.8. The highest BCUT2D eigenvalue weighted by Crippen LogP contribution is 2.50. The summed E-state index contributed by atoms with van der Waals surface area (Å²) in [6.45, 7) is 1.68. The van der Waals surface area contributed by atoms with Crippen molar-refractivity contribution in [1.82, 2.24) is 10.2 Å². The Morgan fingerprint density at radius 2 is 1.89 bits per heavy atom. The van der Waals surface area contributed by atoms with Crippen molar-refractivity contribution in [3.05, 3.63) is 87.1 Å². The highest BCUT2D eigenvalue weighted by molar-refractivity contribution is 8.05. The molecule has 0 aliphatic carbocycles. The fourth-order valence-corrected chi connectivity index (χ4v) is 6.56. The number of carbonyl (C=O) groups excluding carboxylic acids is 3. The summed E-state index contributed by atoms with van der Waals surface area (Å²) in [5.74, 6) is -0.782. The van der Waals surface area contributed by atoms with E-state index in [1.54, 1.807) is 13.2 Å². The molecular weight excluding hydrogens is 490 g/mol. The summed E-state index contributed by atoms with van der Waals surface area (Å²) in [4.78, 5) is 49.6. The van der Waals surface area contributed by atoms with Gasteiger partial charge in [-0.05, 0) is 42.0 Å². The Morgan fingerprint density at radius 1 is 1.20 bits per heavy atom. The molecule has 4 rings (SSSR count). The Labute approximate surface area is 210 Å². The van der Waals surface area contributed by atoms with Gasteiger partial charge in [-0.1, -0.05) is 30.3 Å². The van der Waals surface area contributed by atoms with E-state index in [9.17, 15) is 24.5 Å². The predicted molar refractivity (Wildman–Crippen MR) is 133 cm³/mol. The van der Waals surface area contributed by atoms with Crippen LogP contribution in [0.4, 0.5) is 5.69 Å². The van der Waals surface area contributed by atoms with E-state index in [1.807, 2.05) is 30.3 Å². The van der Waals surface area contributed by atoms with E-state index in [0.29, 0.717) is 16.9 Å². The number of hydrogen-bond donors (Lipinski definition) is 1. The SMILES string of the molecule is CSC1(NC(=O)Cc2ccccc2)C(=O)N2C(C(=O)OCc3ccc([N+](=O)[O-])cc3)=C(C)CS[C@H]21. The summed E-state index contributed by atoms with van der Waals surface area (Å²) < 4.78 is 5.44. The quantitative estimate of drug-likeness (QED) is 0.188. The molecule has 35 heavy (non-hydrogen) atoms. The minimum Gasteiger partial charge on any atom is -0.456 e. The standard InChI is InChI=1S/C24H23N3O6S2/c1-15-14-35-23-24(34-2,25-19(28)12-16-6-4-3-5-7-16)22(30)26(23)20(15)21(29)33-13-17-8-10-18(11-9-17)27(31)32/h3-11,23H,12-14H2,1-2H3,(H,25,28)/t23-,24?/m0/s1. The molecule has 0 aromatic heterocycles. The first kappa shape index (κ1) is 24.8. The maximum Gasteiger partial charge on any atom is 0.355 e. The molecule has 0 saturated carbocycles. The summed E-state index contributed by atoms with van der Waals surface area (Å²) in [6.07, 6.45) is 1.91. The van der Waals surface area contributed by atoms with Crippen LogP contribution in [0.5, 0.6) is 0 Å². The van der Waals surface area contributed by atoms with Crippen LogP contribution in [0.2, 0.25) is 0 Å². The molecular formula is C24H23N3O6S2. The van der Waals surface area contributed by atoms with Crippen molar-refractivity contribution in [2.75, 3.05) is 12.0 Å². The first-order valence-electron chi connectivity index (χ1n) is 10.7. The zero-order valence-electron chi connectivity index (χ0n) is 19.1. The van der Waals surface area contributed by atoms with Crippen molar-refractivity contribution in [2.45, 2.75) is 30.2 Å². The van der Waals surface area contributed by atoms with E-state index < -0.39 is 21.1 Å². The molecule has 1 saturated heterocycles. The first-order valence-corrected chi connectivity index (χ1v) is 13.0. The van der Waals surface area contributed by atoms with Gasteiger partial charge in [0, 0.05) is 17.9 Å². The van der Waals surface area contributed by atoms with Crippen molar-refractivity contribution < 1.29 is 24.0 Å². The molecule has 1 fully saturated rings. The van der Waals surface area contributed by atoms with Crippen molar-refractivity contribution >= 4 is 47.0 Å². The number of β-lactam (4-membered cyclic amide) rings is 1. The molecule has 11 heteroatoms. The minimum atomic E-state index is -1.17. The van der Waals surface area contributed by atoms with E-state index in [2.05, 4.69) is 5.32 Å². The van der Waals surface area contributed by atoms with Crippen LogP contribution in [0.25, 0.3) is 0 Å². The van der Waals surface area contributed by atoms with Gasteiger partial charge in [-0.2, -0.15) is 0 Å². The Hall–Kier alpha value is -3.31. The third kappa shape index (κ3) is 4.78. The van der Waals surface area contributed by atoms with Crippen LogP contribution in [-0.4, -0.2) is 49.9 Å². The number of benzene rings is 2. The van der Waals surface area contributed by atoms with Gasteiger partial charge in [0.1, 0.15) is 17.7 Å². The van der Waals surface area contributed by atoms with Gasteiger partial charge >= 0.3 is 5.97 Å². The van der Waals surface area contributed by atoms with Gasteiger partial charge in [0.2, 0.25) is 5.91 Å². The molecule has 2 heterocycles. The summed E-state index contributed by atoms with van der Waals surface area (Å²) in [7, 11) is 0. The molecule has 0 bridgehead atoms. The van der Waals surface area contributed by atoms with Gasteiger partial charge in [0.05, 0.1) is 11.3 Å². The molecule has 1 unspecified atom stereocenters. The van der Waals surface area contributed by atoms with Crippen LogP contribution in [0.15, 0.2) is 65.9 Å². The van der Waals surface area contributed by atoms with E-state index in [-0.39, 0.29) is 36.2 Å². The number of hydrogen-bond acceptors (Lipinski definition) is 8. The number of esters is 1. The molecule has 2 amide bonds. The fraction of sp³-hybridized carbons (Fsp3) is 0.292. The second-order valence-electron chi connectivity index (χ2n) is 8.12. The number of fused-ring (bicyclic) bond motifs is 1. The van der Waals surface area contributed by atoms with Crippen molar-refractivity contribution in [3.63, 3.8) is 0 Å². The lowest BCUT2D eigenvalue weighted by atomic mass is 10.0. The lowest BCUT2D eigenvalue weighted by Crippen LogP contribution is -2.78. The second kappa shape index (κ2) is 10.1. The van der Waals surface area contributed by atoms with Gasteiger partial charge in [0.25, 0.3) is 11.6 Å². The Kier molecular flexibility index (Phi) is 7.18. The monoisotopic (exact) mass is 513 g/mol. The molecule has 2 aliphatic rings. The van der Waals surface area contributed by atoms with Crippen molar-refractivity contribution in [1.29, 1.82) is 0 Å². The van der Waals surface area contributed by atoms with Crippen LogP contribution in [0, 0.1) is 10.1 Å². The number of amides is 2. The third-order valence-electron chi connectivity index (χ3n) is 5.79. The van der Waals surface area contributed by atoms with Gasteiger partial charge in [-0.25, -0.2) is 4.79 Å². The minimum absolute atomic E-state index is 0.0559. The van der Waals surface area contributed by atoms with Gasteiger partial charge in [-0.3, -0.25) is 24.6 Å². The number of thioether (sulfide) groups is 2. The topological polar surface area (TPSA) is 119 Å². The summed E-state index contributed by atoms with van der Waals surface area (Å²) in [5.41, 5.74) is 2.26. The number of rotatable bonds is 8. The third-order valence-corrected chi connectivity index (χ3v) is 8.56. The number of nitrogens with zero attached hydrogens (tertiary/aromatic N) is 2. The molecule has 182 valence electrons. The Bertz CT molecular complexity index is 1200. The van der Waals surface area contributed by atoms with Crippen LogP contribution < -0.4 is 5.32 Å². The van der Waals surface area contributed by atoms with E-state index in [1.165, 1.54) is 52.7 Å². The highest BCUT2D eigenvalue weighted by atomic mass is 32.2. The molecule has 2 aliphatic heterocycles. The molecule has 2 aromatic rings. The maximum atomic E-state index is 13.3. The van der Waals surface area contributed by atoms with Gasteiger partial charge in [-0.15, -0.1) is 23.5 Å². The Balaban J connectivity index is 1.45. The average Bonchev–Trinajstić information content (AvgIpc) is 2.86. The van der Waals surface area contributed by atoms with Crippen LogP contribution in [0.1, 0.15) is 18.1 Å². The lowest BCUT2D eigenvalue weighted by Gasteiger charge is -2.56. The van der Waals surface area contributed by atoms with E-state index in [0.717, 1.165) is 5.56 Å². The smallest absolute Gasteiger partial charge is 0.355 e. The molecule has 0 spiro atoms. The van der Waals surface area contributed by atoms with E-state index >= 15 is 0 Å². The van der Waals surface area contributed by atoms with Crippen LogP contribution in [0.3, 0.4) is 0 Å². The van der Waals surface area contributed by atoms with Crippen LogP contribution >= 0.6 is 23.5 Å². The fourth-order valence-electron chi connectivity index (χ4n) is 3.99. The molecule has 2 aromatic carbocycles. The average molecular weight is 514 g/mol. The second-order valence-corrected chi connectivity index (χ2v) is 10.2. The number of ether oxygens (including phenoxy) is 1. The zero-order chi connectivity index (χ0) is 25.2. The molecule has 0 radical (unpaired) electrons. The van der Waals surface area contributed by atoms with Crippen LogP contribution in [-0.2, 0) is 32.1 Å². The molecule has 1 N–H and O–H groups in total. The summed E-state index contributed by atoms with van der Waals surface area (Å²) in [5, 5.41) is 13.3. The number of nitrogens with one attached hydrogen (secondary N) is 1. The van der Waals surface area contributed by atoms with Gasteiger partial charge < -0.3 is 10.1 Å². The normalized spacial score (nSPS) is 21.1. The number of nitro groups is 1. The predicted octanol–water partition coefficient (Wildman–Crippen LogP) is 3.25. The number of carbonyl (C=O) groups is 3. The summed E-state index contributed by atoms with van der Waals surface area (Å²) >= 11 is 2.73. The maximum absolute atomic E-state index is 13.3. The molecule has 2 atom stereocenters. The van der Waals surface area contributed by atoms with Gasteiger partial charge in [0.15, 0.2) is 4.87 Å².